The number of aliphatic carboxylic acids is 1. The van der Waals surface area contributed by atoms with Crippen LogP contribution < -0.4 is 10.1 Å². The number of amides is 1. The zero-order valence-corrected chi connectivity index (χ0v) is 14.7. The van der Waals surface area contributed by atoms with E-state index >= 15 is 0 Å². The predicted octanol–water partition coefficient (Wildman–Crippen LogP) is 3.35. The molecule has 0 radical (unpaired) electrons. The molecule has 26 heavy (non-hydrogen) atoms. The third kappa shape index (κ3) is 4.52. The van der Waals surface area contributed by atoms with Gasteiger partial charge in [-0.1, -0.05) is 30.3 Å². The Labute approximate surface area is 154 Å². The van der Waals surface area contributed by atoms with E-state index in [1.165, 1.54) is 11.8 Å². The quantitative estimate of drug-likeness (QED) is 0.790. The van der Waals surface area contributed by atoms with Crippen LogP contribution in [0.4, 0.5) is 5.69 Å². The lowest BCUT2D eigenvalue weighted by Gasteiger charge is -2.06. The highest BCUT2D eigenvalue weighted by atomic mass is 32.2. The molecule has 0 saturated carbocycles. The van der Waals surface area contributed by atoms with E-state index in [0.717, 1.165) is 11.3 Å². The average Bonchev–Trinajstić information content (AvgIpc) is 2.93. The Hall–Kier alpha value is -3.06. The van der Waals surface area contributed by atoms with Gasteiger partial charge in [0.15, 0.2) is 11.8 Å². The number of carbonyl (C=O) groups is 2. The fraction of sp³-hybridized carbons (Fsp3) is 0.105. The predicted molar refractivity (Wildman–Crippen MR) is 102 cm³/mol. The number of hydrogen-bond donors (Lipinski definition) is 2. The Kier molecular flexibility index (Phi) is 5.38. The summed E-state index contributed by atoms with van der Waals surface area (Å²) in [5, 5.41) is 12.0. The molecule has 1 aliphatic heterocycles. The smallest absolute Gasteiger partial charge is 0.341 e. The number of thioether (sulfide) groups is 1. The number of aryl methyl sites for hydroxylation is 1. The Bertz CT molecular complexity index is 921. The van der Waals surface area contributed by atoms with E-state index < -0.39 is 12.6 Å². The summed E-state index contributed by atoms with van der Waals surface area (Å²) in [4.78, 5) is 27.8. The van der Waals surface area contributed by atoms with Crippen LogP contribution in [0, 0.1) is 6.92 Å². The summed E-state index contributed by atoms with van der Waals surface area (Å²) < 4.78 is 5.26. The SMILES string of the molecule is Cc1cccc(N=C2NC(=O)/C(=C\c3ccccc3OCC(=O)O)S2)c1. The lowest BCUT2D eigenvalue weighted by molar-refractivity contribution is -0.139. The molecule has 3 rings (SSSR count). The molecule has 1 fully saturated rings. The molecular weight excluding hydrogens is 352 g/mol. The molecule has 1 heterocycles. The molecule has 0 bridgehead atoms. The maximum absolute atomic E-state index is 12.2. The molecule has 0 atom stereocenters. The van der Waals surface area contributed by atoms with Crippen molar-refractivity contribution in [1.29, 1.82) is 0 Å². The van der Waals surface area contributed by atoms with Crippen LogP contribution in [-0.4, -0.2) is 28.8 Å². The first-order valence-electron chi connectivity index (χ1n) is 7.81. The number of amidine groups is 1. The largest absolute Gasteiger partial charge is 0.481 e. The number of ether oxygens (including phenoxy) is 1. The van der Waals surface area contributed by atoms with Gasteiger partial charge in [0.2, 0.25) is 0 Å². The number of aliphatic imine (C=N–C) groups is 1. The number of carbonyl (C=O) groups excluding carboxylic acids is 1. The van der Waals surface area contributed by atoms with Gasteiger partial charge >= 0.3 is 5.97 Å². The van der Waals surface area contributed by atoms with E-state index in [4.69, 9.17) is 9.84 Å². The van der Waals surface area contributed by atoms with Gasteiger partial charge in [0.25, 0.3) is 5.91 Å². The summed E-state index contributed by atoms with van der Waals surface area (Å²) in [6, 6.07) is 14.6. The third-order valence-corrected chi connectivity index (χ3v) is 4.35. The summed E-state index contributed by atoms with van der Waals surface area (Å²) in [6.07, 6.45) is 1.66. The molecule has 6 nitrogen and oxygen atoms in total. The topological polar surface area (TPSA) is 88.0 Å². The van der Waals surface area contributed by atoms with E-state index in [1.807, 2.05) is 31.2 Å². The number of hydrogen-bond acceptors (Lipinski definition) is 5. The molecule has 7 heteroatoms. The van der Waals surface area contributed by atoms with Crippen LogP contribution in [0.5, 0.6) is 5.75 Å². The monoisotopic (exact) mass is 368 g/mol. The highest BCUT2D eigenvalue weighted by molar-refractivity contribution is 8.18. The Morgan fingerprint density at radius 1 is 1.27 bits per heavy atom. The van der Waals surface area contributed by atoms with Crippen LogP contribution in [0.25, 0.3) is 6.08 Å². The summed E-state index contributed by atoms with van der Waals surface area (Å²) in [5.41, 5.74) is 2.48. The molecule has 132 valence electrons. The molecule has 0 unspecified atom stereocenters. The van der Waals surface area contributed by atoms with Gasteiger partial charge in [-0.25, -0.2) is 9.79 Å². The van der Waals surface area contributed by atoms with Crippen molar-refractivity contribution in [3.8, 4) is 5.75 Å². The molecule has 1 aliphatic rings. The average molecular weight is 368 g/mol. The van der Waals surface area contributed by atoms with Crippen LogP contribution >= 0.6 is 11.8 Å². The van der Waals surface area contributed by atoms with Crippen molar-refractivity contribution in [2.24, 2.45) is 4.99 Å². The van der Waals surface area contributed by atoms with Crippen molar-refractivity contribution < 1.29 is 19.4 Å². The normalized spacial score (nSPS) is 16.7. The van der Waals surface area contributed by atoms with Crippen molar-refractivity contribution in [3.05, 3.63) is 64.6 Å². The molecule has 0 spiro atoms. The third-order valence-electron chi connectivity index (χ3n) is 3.44. The van der Waals surface area contributed by atoms with Gasteiger partial charge in [-0.05, 0) is 48.5 Å². The first-order chi connectivity index (χ1) is 12.5. The summed E-state index contributed by atoms with van der Waals surface area (Å²) in [5.74, 6) is -0.915. The molecule has 1 saturated heterocycles. The van der Waals surface area contributed by atoms with Gasteiger partial charge < -0.3 is 15.2 Å². The minimum atomic E-state index is -1.06. The first kappa shape index (κ1) is 17.8. The first-order valence-corrected chi connectivity index (χ1v) is 8.63. The highest BCUT2D eigenvalue weighted by Gasteiger charge is 2.24. The van der Waals surface area contributed by atoms with Crippen molar-refractivity contribution in [3.63, 3.8) is 0 Å². The number of carboxylic acids is 1. The van der Waals surface area contributed by atoms with Gasteiger partial charge in [-0.15, -0.1) is 0 Å². The number of rotatable bonds is 5. The minimum absolute atomic E-state index is 0.255. The second-order valence-electron chi connectivity index (χ2n) is 5.54. The standard InChI is InChI=1S/C19H16N2O4S/c1-12-5-4-7-14(9-12)20-19-21-18(24)16(26-19)10-13-6-2-3-8-15(13)25-11-17(22)23/h2-10H,11H2,1H3,(H,22,23)(H,20,21,24)/b16-10+. The van der Waals surface area contributed by atoms with Gasteiger partial charge in [0.1, 0.15) is 5.75 Å². The van der Waals surface area contributed by atoms with E-state index in [9.17, 15) is 9.59 Å². The van der Waals surface area contributed by atoms with Gasteiger partial charge in [-0.3, -0.25) is 4.79 Å². The maximum Gasteiger partial charge on any atom is 0.341 e. The zero-order valence-electron chi connectivity index (χ0n) is 13.9. The second kappa shape index (κ2) is 7.88. The van der Waals surface area contributed by atoms with Crippen molar-refractivity contribution in [2.75, 3.05) is 6.61 Å². The van der Waals surface area contributed by atoms with E-state index in [1.54, 1.807) is 30.3 Å². The Morgan fingerprint density at radius 2 is 2.08 bits per heavy atom. The Morgan fingerprint density at radius 3 is 2.85 bits per heavy atom. The second-order valence-corrected chi connectivity index (χ2v) is 6.57. The van der Waals surface area contributed by atoms with Gasteiger partial charge in [-0.2, -0.15) is 0 Å². The van der Waals surface area contributed by atoms with E-state index in [2.05, 4.69) is 10.3 Å². The molecule has 0 aliphatic carbocycles. The maximum atomic E-state index is 12.2. The highest BCUT2D eigenvalue weighted by Crippen LogP contribution is 2.30. The summed E-state index contributed by atoms with van der Waals surface area (Å²) >= 11 is 1.23. The fourth-order valence-electron chi connectivity index (χ4n) is 2.31. The zero-order chi connectivity index (χ0) is 18.5. The number of carboxylic acid groups (broad SMARTS) is 1. The van der Waals surface area contributed by atoms with Gasteiger partial charge in [0.05, 0.1) is 10.6 Å². The summed E-state index contributed by atoms with van der Waals surface area (Å²) in [6.45, 7) is 1.53. The minimum Gasteiger partial charge on any atom is -0.481 e. The number of benzene rings is 2. The van der Waals surface area contributed by atoms with E-state index in [-0.39, 0.29) is 5.91 Å². The van der Waals surface area contributed by atoms with Crippen LogP contribution in [0.15, 0.2) is 58.4 Å². The number of nitrogens with zero attached hydrogens (tertiary/aromatic N) is 1. The molecule has 2 aromatic carbocycles. The van der Waals surface area contributed by atoms with Crippen LogP contribution in [0.2, 0.25) is 0 Å². The molecule has 2 aromatic rings. The van der Waals surface area contributed by atoms with Crippen LogP contribution in [0.3, 0.4) is 0 Å². The Balaban J connectivity index is 1.82. The lowest BCUT2D eigenvalue weighted by Crippen LogP contribution is -2.19. The number of para-hydroxylation sites is 1. The van der Waals surface area contributed by atoms with Crippen molar-refractivity contribution in [1.82, 2.24) is 5.32 Å². The van der Waals surface area contributed by atoms with Crippen LogP contribution in [-0.2, 0) is 9.59 Å². The molecule has 2 N–H and O–H groups in total. The summed E-state index contributed by atoms with van der Waals surface area (Å²) in [7, 11) is 0. The fourth-order valence-corrected chi connectivity index (χ4v) is 3.14. The molecular formula is C19H16N2O4S. The van der Waals surface area contributed by atoms with E-state index in [0.29, 0.717) is 21.4 Å². The van der Waals surface area contributed by atoms with Crippen LogP contribution in [0.1, 0.15) is 11.1 Å². The molecule has 1 amide bonds. The van der Waals surface area contributed by atoms with Crippen molar-refractivity contribution >= 4 is 40.6 Å². The molecule has 0 aromatic heterocycles. The van der Waals surface area contributed by atoms with Crippen molar-refractivity contribution in [2.45, 2.75) is 6.92 Å². The van der Waals surface area contributed by atoms with Gasteiger partial charge in [0, 0.05) is 5.56 Å². The lowest BCUT2D eigenvalue weighted by atomic mass is 10.2. The number of nitrogens with one attached hydrogen (secondary N) is 1.